The number of nitrogens with zero attached hydrogens (tertiary/aromatic N) is 4. The Kier molecular flexibility index (Phi) is 4.48. The first-order valence-corrected chi connectivity index (χ1v) is 7.18. The molecule has 1 amide bonds. The van der Waals surface area contributed by atoms with Crippen LogP contribution in [0.5, 0.6) is 0 Å². The molecule has 0 spiro atoms. The second-order valence-electron chi connectivity index (χ2n) is 4.82. The van der Waals surface area contributed by atoms with E-state index in [4.69, 9.17) is 11.6 Å². The predicted molar refractivity (Wildman–Crippen MR) is 83.3 cm³/mol. The Labute approximate surface area is 140 Å². The molecule has 0 aliphatic rings. The molecule has 0 radical (unpaired) electrons. The second kappa shape index (κ2) is 6.71. The fraction of sp³-hybridized carbons (Fsp3) is 0.0667. The molecule has 0 fully saturated rings. The van der Waals surface area contributed by atoms with Gasteiger partial charge in [0.25, 0.3) is 0 Å². The first-order valence-electron chi connectivity index (χ1n) is 6.80. The zero-order chi connectivity index (χ0) is 17.1. The highest BCUT2D eigenvalue weighted by Crippen LogP contribution is 2.19. The van der Waals surface area contributed by atoms with E-state index < -0.39 is 11.7 Å². The van der Waals surface area contributed by atoms with E-state index in [-0.39, 0.29) is 23.9 Å². The first kappa shape index (κ1) is 16.0. The van der Waals surface area contributed by atoms with E-state index >= 15 is 0 Å². The van der Waals surface area contributed by atoms with Gasteiger partial charge in [-0.1, -0.05) is 11.6 Å². The molecule has 0 saturated heterocycles. The minimum atomic E-state index is -0.605. The highest BCUT2D eigenvalue weighted by molar-refractivity contribution is 6.30. The third-order valence-corrected chi connectivity index (χ3v) is 3.28. The van der Waals surface area contributed by atoms with E-state index in [0.29, 0.717) is 10.6 Å². The molecule has 0 bridgehead atoms. The van der Waals surface area contributed by atoms with Crippen molar-refractivity contribution in [2.24, 2.45) is 0 Å². The van der Waals surface area contributed by atoms with Gasteiger partial charge in [-0.25, -0.2) is 8.78 Å². The maximum absolute atomic E-state index is 13.6. The summed E-state index contributed by atoms with van der Waals surface area (Å²) >= 11 is 5.76. The van der Waals surface area contributed by atoms with Crippen molar-refractivity contribution in [1.82, 2.24) is 20.2 Å². The van der Waals surface area contributed by atoms with Gasteiger partial charge in [0, 0.05) is 10.6 Å². The van der Waals surface area contributed by atoms with Crippen LogP contribution in [0.4, 0.5) is 14.5 Å². The smallest absolute Gasteiger partial charge is 0.248 e. The number of rotatable bonds is 4. The molecule has 0 saturated carbocycles. The van der Waals surface area contributed by atoms with Crippen LogP contribution in [0.3, 0.4) is 0 Å². The number of tetrazole rings is 1. The summed E-state index contributed by atoms with van der Waals surface area (Å²) in [4.78, 5) is 13.0. The number of anilines is 1. The van der Waals surface area contributed by atoms with Gasteiger partial charge in [0.15, 0.2) is 0 Å². The number of carbonyl (C=O) groups excluding carboxylic acids is 1. The molecule has 1 aromatic heterocycles. The molecule has 3 rings (SSSR count). The quantitative estimate of drug-likeness (QED) is 0.786. The van der Waals surface area contributed by atoms with Crippen LogP contribution in [0, 0.1) is 11.6 Å². The number of hydrogen-bond acceptors (Lipinski definition) is 4. The number of benzene rings is 2. The van der Waals surface area contributed by atoms with Crippen molar-refractivity contribution in [1.29, 1.82) is 0 Å². The molecule has 0 unspecified atom stereocenters. The third-order valence-electron chi connectivity index (χ3n) is 3.04. The summed E-state index contributed by atoms with van der Waals surface area (Å²) in [7, 11) is 0. The first-order chi connectivity index (χ1) is 11.5. The van der Waals surface area contributed by atoms with Crippen molar-refractivity contribution in [3.63, 3.8) is 0 Å². The number of nitrogens with one attached hydrogen (secondary N) is 1. The van der Waals surface area contributed by atoms with Gasteiger partial charge >= 0.3 is 0 Å². The summed E-state index contributed by atoms with van der Waals surface area (Å²) in [6.07, 6.45) is 0. The average Bonchev–Trinajstić information content (AvgIpc) is 3.00. The fourth-order valence-electron chi connectivity index (χ4n) is 1.94. The van der Waals surface area contributed by atoms with Crippen LogP contribution in [0.1, 0.15) is 0 Å². The van der Waals surface area contributed by atoms with E-state index in [1.807, 2.05) is 0 Å². The molecular formula is C15H10ClF2N5O. The number of halogens is 3. The van der Waals surface area contributed by atoms with Gasteiger partial charge in [0.1, 0.15) is 18.2 Å². The molecule has 2 aromatic carbocycles. The summed E-state index contributed by atoms with van der Waals surface area (Å²) in [6.45, 7) is -0.264. The average molecular weight is 350 g/mol. The molecule has 6 nitrogen and oxygen atoms in total. The Morgan fingerprint density at radius 2 is 1.92 bits per heavy atom. The maximum Gasteiger partial charge on any atom is 0.248 e. The van der Waals surface area contributed by atoms with Gasteiger partial charge in [-0.05, 0) is 47.7 Å². The van der Waals surface area contributed by atoms with Crippen LogP contribution in [0.15, 0.2) is 42.5 Å². The maximum atomic E-state index is 13.6. The number of amides is 1. The summed E-state index contributed by atoms with van der Waals surface area (Å²) in [5.74, 6) is -1.28. The van der Waals surface area contributed by atoms with Gasteiger partial charge in [0.2, 0.25) is 11.7 Å². The van der Waals surface area contributed by atoms with Gasteiger partial charge in [-0.2, -0.15) is 4.80 Å². The van der Waals surface area contributed by atoms with Crippen LogP contribution >= 0.6 is 11.6 Å². The number of hydrogen-bond donors (Lipinski definition) is 1. The van der Waals surface area contributed by atoms with E-state index in [1.54, 1.807) is 0 Å². The van der Waals surface area contributed by atoms with Gasteiger partial charge in [0.05, 0.1) is 5.69 Å². The van der Waals surface area contributed by atoms with E-state index in [9.17, 15) is 13.6 Å². The zero-order valence-electron chi connectivity index (χ0n) is 12.1. The van der Waals surface area contributed by atoms with Crippen LogP contribution in [0.25, 0.3) is 11.4 Å². The molecule has 9 heteroatoms. The summed E-state index contributed by atoms with van der Waals surface area (Å²) < 4.78 is 26.5. The molecule has 0 atom stereocenters. The predicted octanol–water partition coefficient (Wildman–Crippen LogP) is 2.91. The normalized spacial score (nSPS) is 10.6. The Balaban J connectivity index is 1.69. The van der Waals surface area contributed by atoms with Crippen molar-refractivity contribution < 1.29 is 13.6 Å². The summed E-state index contributed by atoms with van der Waals surface area (Å²) in [6, 6.07) is 9.36. The van der Waals surface area contributed by atoms with Crippen molar-refractivity contribution in [3.8, 4) is 11.4 Å². The third kappa shape index (κ3) is 3.72. The fourth-order valence-corrected chi connectivity index (χ4v) is 2.11. The molecule has 0 aliphatic carbocycles. The highest BCUT2D eigenvalue weighted by atomic mass is 35.5. The molecule has 122 valence electrons. The minimum Gasteiger partial charge on any atom is -0.322 e. The standard InChI is InChI=1S/C15H10ClF2N5O/c16-10-3-6-12(18)13(7-10)19-14(24)8-23-21-15(20-22-23)9-1-4-11(17)5-2-9/h1-7H,8H2,(H,19,24). The summed E-state index contributed by atoms with van der Waals surface area (Å²) in [5, 5.41) is 14.2. The molecule has 3 aromatic rings. The highest BCUT2D eigenvalue weighted by Gasteiger charge is 2.12. The lowest BCUT2D eigenvalue weighted by Gasteiger charge is -2.06. The molecular weight excluding hydrogens is 340 g/mol. The van der Waals surface area contributed by atoms with Crippen LogP contribution in [-0.4, -0.2) is 26.1 Å². The van der Waals surface area contributed by atoms with E-state index in [1.165, 1.54) is 36.4 Å². The van der Waals surface area contributed by atoms with E-state index in [2.05, 4.69) is 20.7 Å². The SMILES string of the molecule is O=C(Cn1nnc(-c2ccc(F)cc2)n1)Nc1cc(Cl)ccc1F. The molecule has 1 N–H and O–H groups in total. The Hall–Kier alpha value is -2.87. The lowest BCUT2D eigenvalue weighted by atomic mass is 10.2. The van der Waals surface area contributed by atoms with Crippen molar-refractivity contribution in [2.45, 2.75) is 6.54 Å². The monoisotopic (exact) mass is 349 g/mol. The Bertz CT molecular complexity index is 882. The topological polar surface area (TPSA) is 72.7 Å². The number of aromatic nitrogens is 4. The number of carbonyl (C=O) groups is 1. The van der Waals surface area contributed by atoms with Crippen LogP contribution in [0.2, 0.25) is 5.02 Å². The van der Waals surface area contributed by atoms with Gasteiger partial charge in [-0.15, -0.1) is 10.2 Å². The molecule has 1 heterocycles. The largest absolute Gasteiger partial charge is 0.322 e. The molecule has 0 aliphatic heterocycles. The van der Waals surface area contributed by atoms with Gasteiger partial charge in [-0.3, -0.25) is 4.79 Å². The van der Waals surface area contributed by atoms with Gasteiger partial charge < -0.3 is 5.32 Å². The van der Waals surface area contributed by atoms with E-state index in [0.717, 1.165) is 10.9 Å². The van der Waals surface area contributed by atoms with Crippen molar-refractivity contribution >= 4 is 23.2 Å². The summed E-state index contributed by atoms with van der Waals surface area (Å²) in [5.41, 5.74) is 0.523. The van der Waals surface area contributed by atoms with Crippen LogP contribution in [-0.2, 0) is 11.3 Å². The lowest BCUT2D eigenvalue weighted by Crippen LogP contribution is -2.21. The van der Waals surface area contributed by atoms with Crippen molar-refractivity contribution in [3.05, 3.63) is 59.1 Å². The minimum absolute atomic E-state index is 0.0358. The Morgan fingerprint density at radius 1 is 1.17 bits per heavy atom. The second-order valence-corrected chi connectivity index (χ2v) is 5.26. The molecule has 24 heavy (non-hydrogen) atoms. The lowest BCUT2D eigenvalue weighted by molar-refractivity contribution is -0.117. The Morgan fingerprint density at radius 3 is 2.67 bits per heavy atom. The van der Waals surface area contributed by atoms with Crippen LogP contribution < -0.4 is 5.32 Å². The van der Waals surface area contributed by atoms with Crippen molar-refractivity contribution in [2.75, 3.05) is 5.32 Å². The zero-order valence-corrected chi connectivity index (χ0v) is 12.8.